The molecule has 0 aromatic rings. The number of hydrogen-bond donors (Lipinski definition) is 0. The fourth-order valence-corrected chi connectivity index (χ4v) is 5.92. The summed E-state index contributed by atoms with van der Waals surface area (Å²) in [5.74, 6) is 0. The number of hydrogen-bond acceptors (Lipinski definition) is 16. The molecule has 2 aliphatic rings. The Kier molecular flexibility index (Phi) is 18.9. The lowest BCUT2D eigenvalue weighted by molar-refractivity contribution is -0.375. The number of methoxy groups -OCH3 is 11. The molecule has 2 saturated heterocycles. The summed E-state index contributed by atoms with van der Waals surface area (Å²) in [6.45, 7) is 0.417. The molecule has 2 aliphatic heterocycles. The van der Waals surface area contributed by atoms with E-state index in [1.54, 1.807) is 21.3 Å². The SMILES string of the molecule is COC[C@H]1O[C@@H](O[C@@H]2[C@H](OC)[C@@H](OC)[C@H](O[C@@H]([C@H](OC)[C@H](C=O)OC)[C@@H](COC)OC)O[C@@H]2COC)[C@H](OC)[C@@H](OC)[C@H]1OC. The number of rotatable bonds is 22. The lowest BCUT2D eigenvalue weighted by Gasteiger charge is -2.50. The molecule has 0 aromatic heterocycles. The highest BCUT2D eigenvalue weighted by molar-refractivity contribution is 5.57. The molecule has 0 spiro atoms. The molecule has 2 fully saturated rings. The Morgan fingerprint density at radius 3 is 1.51 bits per heavy atom. The third-order valence-electron chi connectivity index (χ3n) is 8.11. The Hall–Kier alpha value is -0.930. The highest BCUT2D eigenvalue weighted by atomic mass is 16.8. The minimum atomic E-state index is -1.07. The summed E-state index contributed by atoms with van der Waals surface area (Å²) in [5.41, 5.74) is 0. The zero-order chi connectivity index (χ0) is 33.5. The van der Waals surface area contributed by atoms with E-state index in [0.717, 1.165) is 0 Å². The largest absolute Gasteiger partial charge is 0.382 e. The molecule has 0 unspecified atom stereocenters. The molecule has 16 nitrogen and oxygen atoms in total. The lowest BCUT2D eigenvalue weighted by atomic mass is 9.96. The van der Waals surface area contributed by atoms with Gasteiger partial charge in [0.05, 0.1) is 19.8 Å². The number of carbonyl (C=O) groups excluding carboxylic acids is 1. The third-order valence-corrected chi connectivity index (χ3v) is 8.11. The summed E-state index contributed by atoms with van der Waals surface area (Å²) >= 11 is 0. The van der Waals surface area contributed by atoms with Crippen LogP contribution in [0, 0.1) is 0 Å². The number of aldehydes is 1. The Balaban J connectivity index is 2.48. The fraction of sp³-hybridized carbons (Fsp3) is 0.966. The Bertz CT molecular complexity index is 793. The summed E-state index contributed by atoms with van der Waals surface area (Å²) in [5, 5.41) is 0. The zero-order valence-electron chi connectivity index (χ0n) is 28.3. The van der Waals surface area contributed by atoms with Crippen LogP contribution in [0.5, 0.6) is 0 Å². The Labute approximate surface area is 266 Å². The molecule has 2 rings (SSSR count). The van der Waals surface area contributed by atoms with Gasteiger partial charge in [-0.3, -0.25) is 0 Å². The van der Waals surface area contributed by atoms with Gasteiger partial charge in [-0.2, -0.15) is 0 Å². The van der Waals surface area contributed by atoms with Crippen molar-refractivity contribution in [3.05, 3.63) is 0 Å². The van der Waals surface area contributed by atoms with Gasteiger partial charge in [-0.05, 0) is 0 Å². The first kappa shape index (κ1) is 40.2. The molecule has 0 aromatic carbocycles. The van der Waals surface area contributed by atoms with E-state index >= 15 is 0 Å². The quantitative estimate of drug-likeness (QED) is 0.137. The van der Waals surface area contributed by atoms with E-state index in [1.165, 1.54) is 56.9 Å². The van der Waals surface area contributed by atoms with Crippen LogP contribution in [0.2, 0.25) is 0 Å². The van der Waals surface area contributed by atoms with Crippen LogP contribution in [-0.2, 0) is 75.8 Å². The first-order valence-corrected chi connectivity index (χ1v) is 14.6. The zero-order valence-corrected chi connectivity index (χ0v) is 28.3. The summed E-state index contributed by atoms with van der Waals surface area (Å²) in [6, 6.07) is 0. The Morgan fingerprint density at radius 1 is 0.556 bits per heavy atom. The van der Waals surface area contributed by atoms with Gasteiger partial charge in [-0.25, -0.2) is 0 Å². The van der Waals surface area contributed by atoms with Crippen molar-refractivity contribution in [2.75, 3.05) is 98.0 Å². The van der Waals surface area contributed by atoms with Crippen molar-refractivity contribution in [2.45, 2.75) is 85.8 Å². The number of carbonyl (C=O) groups is 1. The van der Waals surface area contributed by atoms with E-state index in [9.17, 15) is 4.79 Å². The standard InChI is InChI=1S/C29H54O16/c1-31-13-17(35-5)22(20(36-6)16(12-30)34-4)44-29-27(41-11)25(39-9)23(19(43-29)15-33-3)45-28-26(40-10)24(38-8)21(37-7)18(42-28)14-32-2/h12,16-29H,13-15H2,1-11H3/t16-,17+,18+,19+,20+,21-,22+,23-,24-,25-,26+,27+,28-,29-/m0/s1. The molecule has 266 valence electrons. The highest BCUT2D eigenvalue weighted by Gasteiger charge is 2.54. The van der Waals surface area contributed by atoms with Gasteiger partial charge in [0.2, 0.25) is 0 Å². The molecule has 0 amide bonds. The van der Waals surface area contributed by atoms with Gasteiger partial charge in [0.1, 0.15) is 73.2 Å². The molecule has 45 heavy (non-hydrogen) atoms. The van der Waals surface area contributed by atoms with Crippen molar-refractivity contribution < 1.29 is 75.8 Å². The predicted molar refractivity (Wildman–Crippen MR) is 155 cm³/mol. The maximum Gasteiger partial charge on any atom is 0.187 e. The molecule has 0 bridgehead atoms. The smallest absolute Gasteiger partial charge is 0.187 e. The van der Waals surface area contributed by atoms with E-state index in [2.05, 4.69) is 0 Å². The topological polar surface area (TPSA) is 156 Å². The van der Waals surface area contributed by atoms with Crippen LogP contribution in [0.4, 0.5) is 0 Å². The van der Waals surface area contributed by atoms with Gasteiger partial charge >= 0.3 is 0 Å². The van der Waals surface area contributed by atoms with Crippen LogP contribution in [0.25, 0.3) is 0 Å². The van der Waals surface area contributed by atoms with Crippen molar-refractivity contribution >= 4 is 6.29 Å². The molecule has 0 N–H and O–H groups in total. The van der Waals surface area contributed by atoms with E-state index < -0.39 is 85.8 Å². The molecular weight excluding hydrogens is 604 g/mol. The highest BCUT2D eigenvalue weighted by Crippen LogP contribution is 2.35. The van der Waals surface area contributed by atoms with Gasteiger partial charge in [0.15, 0.2) is 18.9 Å². The van der Waals surface area contributed by atoms with Crippen LogP contribution in [-0.4, -0.2) is 190 Å². The fourth-order valence-electron chi connectivity index (χ4n) is 5.92. The summed E-state index contributed by atoms with van der Waals surface area (Å²) < 4.78 is 88.1. The van der Waals surface area contributed by atoms with E-state index in [-0.39, 0.29) is 19.8 Å². The molecule has 0 aliphatic carbocycles. The summed E-state index contributed by atoms with van der Waals surface area (Å²) in [6.07, 6.45) is -10.3. The number of ether oxygens (including phenoxy) is 15. The van der Waals surface area contributed by atoms with E-state index in [1.807, 2.05) is 0 Å². The normalized spacial score (nSPS) is 35.1. The van der Waals surface area contributed by atoms with Gasteiger partial charge in [0, 0.05) is 78.2 Å². The van der Waals surface area contributed by atoms with E-state index in [4.69, 9.17) is 71.1 Å². The van der Waals surface area contributed by atoms with Crippen molar-refractivity contribution in [1.82, 2.24) is 0 Å². The summed E-state index contributed by atoms with van der Waals surface area (Å²) in [7, 11) is 16.6. The molecule has 0 saturated carbocycles. The van der Waals surface area contributed by atoms with Gasteiger partial charge in [0.25, 0.3) is 0 Å². The minimum Gasteiger partial charge on any atom is -0.382 e. The van der Waals surface area contributed by atoms with Crippen molar-refractivity contribution in [1.29, 1.82) is 0 Å². The Morgan fingerprint density at radius 2 is 1.07 bits per heavy atom. The maximum atomic E-state index is 11.9. The maximum absolute atomic E-state index is 11.9. The van der Waals surface area contributed by atoms with Crippen LogP contribution in [0.15, 0.2) is 0 Å². The van der Waals surface area contributed by atoms with Crippen molar-refractivity contribution in [3.8, 4) is 0 Å². The monoisotopic (exact) mass is 658 g/mol. The van der Waals surface area contributed by atoms with Crippen molar-refractivity contribution in [3.63, 3.8) is 0 Å². The summed E-state index contributed by atoms with van der Waals surface area (Å²) in [4.78, 5) is 11.9. The first-order chi connectivity index (χ1) is 21.8. The van der Waals surface area contributed by atoms with Gasteiger partial charge in [-0.1, -0.05) is 0 Å². The molecule has 0 radical (unpaired) electrons. The third kappa shape index (κ3) is 9.81. The van der Waals surface area contributed by atoms with Crippen LogP contribution < -0.4 is 0 Å². The van der Waals surface area contributed by atoms with E-state index in [0.29, 0.717) is 6.29 Å². The van der Waals surface area contributed by atoms with Crippen LogP contribution in [0.1, 0.15) is 0 Å². The second-order valence-electron chi connectivity index (χ2n) is 10.5. The molecule has 14 atom stereocenters. The lowest BCUT2D eigenvalue weighted by Crippen LogP contribution is -2.67. The molecule has 16 heteroatoms. The average Bonchev–Trinajstić information content (AvgIpc) is 3.05. The first-order valence-electron chi connectivity index (χ1n) is 14.6. The second kappa shape index (κ2) is 21.1. The minimum absolute atomic E-state index is 0.0836. The average molecular weight is 659 g/mol. The molecule has 2 heterocycles. The van der Waals surface area contributed by atoms with Gasteiger partial charge < -0.3 is 75.8 Å². The van der Waals surface area contributed by atoms with Gasteiger partial charge in [-0.15, -0.1) is 0 Å². The van der Waals surface area contributed by atoms with Crippen molar-refractivity contribution in [2.24, 2.45) is 0 Å². The predicted octanol–water partition coefficient (Wildman–Crippen LogP) is -0.535. The molecular formula is C29H54O16. The van der Waals surface area contributed by atoms with Crippen LogP contribution >= 0.6 is 0 Å². The second-order valence-corrected chi connectivity index (χ2v) is 10.5. The van der Waals surface area contributed by atoms with Crippen LogP contribution in [0.3, 0.4) is 0 Å².